The van der Waals surface area contributed by atoms with Crippen molar-refractivity contribution >= 4 is 52.5 Å². The van der Waals surface area contributed by atoms with Crippen molar-refractivity contribution in [3.63, 3.8) is 0 Å². The van der Waals surface area contributed by atoms with Crippen LogP contribution in [0.15, 0.2) is 96.6 Å². The molecule has 11 nitrogen and oxygen atoms in total. The van der Waals surface area contributed by atoms with Crippen molar-refractivity contribution in [2.75, 3.05) is 26.2 Å². The second-order valence-corrected chi connectivity index (χ2v) is 15.2. The third-order valence-electron chi connectivity index (χ3n) is 11.8. The highest BCUT2D eigenvalue weighted by atomic mass is 35.5. The minimum Gasteiger partial charge on any atom is -0.508 e. The first-order valence-corrected chi connectivity index (χ1v) is 18.7. The van der Waals surface area contributed by atoms with Gasteiger partial charge < -0.3 is 19.7 Å². The number of aromatic hydroxyl groups is 2. The Morgan fingerprint density at radius 3 is 2.29 bits per heavy atom. The maximum absolute atomic E-state index is 15.4. The van der Waals surface area contributed by atoms with E-state index < -0.39 is 46.8 Å². The number of phenolic OH excluding ortho intramolecular Hbond substituents is 2. The predicted octanol–water partition coefficient (Wildman–Crippen LogP) is 6.65. The summed E-state index contributed by atoms with van der Waals surface area (Å²) in [6, 6.07) is 23.2. The fourth-order valence-corrected chi connectivity index (χ4v) is 9.76. The lowest BCUT2D eigenvalue weighted by atomic mass is 9.49. The molecule has 0 bridgehead atoms. The van der Waals surface area contributed by atoms with E-state index in [1.165, 1.54) is 25.2 Å². The van der Waals surface area contributed by atoms with Gasteiger partial charge in [-0.2, -0.15) is 5.01 Å². The number of imide groups is 2. The number of methoxy groups -OCH3 is 2. The van der Waals surface area contributed by atoms with Crippen LogP contribution in [-0.2, 0) is 31.0 Å². The first kappa shape index (κ1) is 36.5. The molecule has 13 heteroatoms. The topological polar surface area (TPSA) is 146 Å². The van der Waals surface area contributed by atoms with Crippen molar-refractivity contribution < 1.29 is 38.9 Å². The van der Waals surface area contributed by atoms with Gasteiger partial charge in [-0.3, -0.25) is 29.5 Å². The van der Waals surface area contributed by atoms with Gasteiger partial charge in [0, 0.05) is 23.0 Å². The standard InChI is InChI=1S/C42H37Cl2N3O8/c1-54-26-13-8-23(9-14-26)42-31(39(51)47(41(42)53)45-33-17-10-24(43)20-32(33)44)21-30-27(36(42)29-4-3-5-34(55-2)37(29)49)15-16-28-35(30)40(52)46(38(28)50)19-18-22-6-11-25(48)12-7-22/h3-15,17,20,28,30-31,35-36,45,48-49H,16,18-19,21H2,1-2H3. The number of likely N-dealkylation sites (tertiary alicyclic amines) is 1. The second kappa shape index (κ2) is 14.0. The number of phenols is 2. The van der Waals surface area contributed by atoms with Gasteiger partial charge in [-0.25, -0.2) is 0 Å². The summed E-state index contributed by atoms with van der Waals surface area (Å²) in [5.41, 5.74) is 3.98. The van der Waals surface area contributed by atoms with Crippen molar-refractivity contribution in [3.05, 3.63) is 123 Å². The molecule has 1 saturated carbocycles. The molecule has 4 aliphatic rings. The molecule has 0 aromatic heterocycles. The number of hydrazine groups is 1. The molecule has 4 amide bonds. The van der Waals surface area contributed by atoms with Crippen molar-refractivity contribution in [1.29, 1.82) is 0 Å². The Hall–Kier alpha value is -5.52. The Bertz CT molecular complexity index is 2260. The average Bonchev–Trinajstić information content (AvgIpc) is 3.56. The zero-order valence-corrected chi connectivity index (χ0v) is 31.4. The van der Waals surface area contributed by atoms with Crippen molar-refractivity contribution in [2.24, 2.45) is 23.7 Å². The molecule has 6 atom stereocenters. The lowest BCUT2D eigenvalue weighted by Crippen LogP contribution is -2.53. The van der Waals surface area contributed by atoms with Crippen LogP contribution in [0.4, 0.5) is 5.69 Å². The number of hydrogen-bond acceptors (Lipinski definition) is 9. The lowest BCUT2D eigenvalue weighted by Gasteiger charge is -2.50. The van der Waals surface area contributed by atoms with E-state index in [-0.39, 0.29) is 59.2 Å². The maximum atomic E-state index is 15.4. The molecular weight excluding hydrogens is 745 g/mol. The molecule has 55 heavy (non-hydrogen) atoms. The Kier molecular flexibility index (Phi) is 9.25. The van der Waals surface area contributed by atoms with E-state index in [1.807, 2.05) is 6.08 Å². The molecule has 8 rings (SSSR count). The quantitative estimate of drug-likeness (QED) is 0.126. The number of fused-ring (bicyclic) bond motifs is 4. The van der Waals surface area contributed by atoms with Gasteiger partial charge in [0.25, 0.3) is 11.8 Å². The molecular formula is C42H37Cl2N3O8. The van der Waals surface area contributed by atoms with Crippen LogP contribution in [0, 0.1) is 23.7 Å². The van der Waals surface area contributed by atoms with Crippen LogP contribution in [0.2, 0.25) is 10.0 Å². The highest BCUT2D eigenvalue weighted by Crippen LogP contribution is 2.65. The van der Waals surface area contributed by atoms with E-state index >= 15 is 4.79 Å². The minimum absolute atomic E-state index is 0.0716. The molecule has 282 valence electrons. The molecule has 4 aromatic carbocycles. The third kappa shape index (κ3) is 5.71. The highest BCUT2D eigenvalue weighted by molar-refractivity contribution is 6.36. The monoisotopic (exact) mass is 781 g/mol. The largest absolute Gasteiger partial charge is 0.508 e. The lowest BCUT2D eigenvalue weighted by molar-refractivity contribution is -0.141. The molecule has 2 aliphatic carbocycles. The summed E-state index contributed by atoms with van der Waals surface area (Å²) in [6.45, 7) is 0.147. The van der Waals surface area contributed by atoms with E-state index in [4.69, 9.17) is 32.7 Å². The number of nitrogens with zero attached hydrogens (tertiary/aromatic N) is 2. The summed E-state index contributed by atoms with van der Waals surface area (Å²) in [7, 11) is 2.96. The summed E-state index contributed by atoms with van der Waals surface area (Å²) >= 11 is 12.7. The predicted molar refractivity (Wildman–Crippen MR) is 204 cm³/mol. The number of hydrogen-bond donors (Lipinski definition) is 3. The fraction of sp³-hybridized carbons (Fsp3) is 0.286. The van der Waals surface area contributed by atoms with Gasteiger partial charge in [-0.15, -0.1) is 0 Å². The smallest absolute Gasteiger partial charge is 0.260 e. The van der Waals surface area contributed by atoms with Gasteiger partial charge in [0.1, 0.15) is 11.5 Å². The van der Waals surface area contributed by atoms with Crippen LogP contribution in [0.1, 0.15) is 35.4 Å². The normalized spacial score (nSPS) is 25.7. The van der Waals surface area contributed by atoms with Gasteiger partial charge in [-0.1, -0.05) is 71.2 Å². The first-order valence-electron chi connectivity index (χ1n) is 17.9. The summed E-state index contributed by atoms with van der Waals surface area (Å²) in [5, 5.41) is 23.1. The van der Waals surface area contributed by atoms with Crippen molar-refractivity contribution in [2.45, 2.75) is 30.6 Å². The number of rotatable bonds is 9. The molecule has 3 N–H and O–H groups in total. The van der Waals surface area contributed by atoms with Gasteiger partial charge in [0.05, 0.1) is 48.1 Å². The zero-order valence-electron chi connectivity index (χ0n) is 29.9. The van der Waals surface area contributed by atoms with E-state index in [0.717, 1.165) is 10.6 Å². The van der Waals surface area contributed by atoms with Crippen LogP contribution in [-0.4, -0.2) is 64.5 Å². The molecule has 3 fully saturated rings. The molecule has 2 saturated heterocycles. The summed E-state index contributed by atoms with van der Waals surface area (Å²) in [4.78, 5) is 60.1. The molecule has 4 aromatic rings. The zero-order chi connectivity index (χ0) is 38.8. The van der Waals surface area contributed by atoms with Crippen LogP contribution in [0.3, 0.4) is 0 Å². The number of anilines is 1. The van der Waals surface area contributed by atoms with E-state index in [1.54, 1.807) is 78.9 Å². The van der Waals surface area contributed by atoms with Crippen LogP contribution < -0.4 is 14.9 Å². The van der Waals surface area contributed by atoms with Gasteiger partial charge in [0.2, 0.25) is 11.8 Å². The molecule has 2 aliphatic heterocycles. The Morgan fingerprint density at radius 1 is 0.855 bits per heavy atom. The van der Waals surface area contributed by atoms with Crippen molar-refractivity contribution in [3.8, 4) is 23.0 Å². The number of nitrogens with one attached hydrogen (secondary N) is 1. The van der Waals surface area contributed by atoms with Crippen molar-refractivity contribution in [1.82, 2.24) is 9.91 Å². The van der Waals surface area contributed by atoms with Crippen LogP contribution >= 0.6 is 23.2 Å². The number of para-hydroxylation sites is 1. The number of carbonyl (C=O) groups excluding carboxylic acids is 4. The van der Waals surface area contributed by atoms with Gasteiger partial charge in [0.15, 0.2) is 11.5 Å². The number of carbonyl (C=O) groups is 4. The van der Waals surface area contributed by atoms with E-state index in [0.29, 0.717) is 33.9 Å². The second-order valence-electron chi connectivity index (χ2n) is 14.4. The molecule has 0 spiro atoms. The highest BCUT2D eigenvalue weighted by Gasteiger charge is 2.70. The number of halogens is 2. The first-order chi connectivity index (χ1) is 26.5. The third-order valence-corrected chi connectivity index (χ3v) is 12.3. The Morgan fingerprint density at radius 2 is 1.60 bits per heavy atom. The van der Waals surface area contributed by atoms with Crippen LogP contribution in [0.5, 0.6) is 23.0 Å². The average molecular weight is 783 g/mol. The van der Waals surface area contributed by atoms with Gasteiger partial charge >= 0.3 is 0 Å². The number of allylic oxidation sites excluding steroid dienone is 2. The van der Waals surface area contributed by atoms with E-state index in [9.17, 15) is 24.6 Å². The maximum Gasteiger partial charge on any atom is 0.260 e. The summed E-state index contributed by atoms with van der Waals surface area (Å²) < 4.78 is 11.0. The number of benzene rings is 4. The van der Waals surface area contributed by atoms with Crippen LogP contribution in [0.25, 0.3) is 0 Å². The molecule has 2 heterocycles. The number of amides is 4. The minimum atomic E-state index is -1.64. The van der Waals surface area contributed by atoms with Gasteiger partial charge in [-0.05, 0) is 84.8 Å². The Balaban J connectivity index is 1.28. The fourth-order valence-electron chi connectivity index (χ4n) is 9.31. The summed E-state index contributed by atoms with van der Waals surface area (Å²) in [6.07, 6.45) is 2.62. The molecule has 6 unspecified atom stereocenters. The SMILES string of the molecule is COc1ccc(C23C(=O)N(Nc4ccc(Cl)cc4Cl)C(=O)C2CC2C(=CCC4C(=O)N(CCc5ccc(O)cc5)C(=O)C42)C3c2cccc(OC)c2O)cc1. The Labute approximate surface area is 327 Å². The van der Waals surface area contributed by atoms with E-state index in [2.05, 4.69) is 5.43 Å². The summed E-state index contributed by atoms with van der Waals surface area (Å²) in [5.74, 6) is -5.27. The number of ether oxygens (including phenoxy) is 2. The molecule has 0 radical (unpaired) electrons.